The number of carbonyl (C=O) groups is 3. The Hall–Kier alpha value is -3.16. The van der Waals surface area contributed by atoms with Crippen LogP contribution in [0, 0.1) is 25.2 Å². The Morgan fingerprint density at radius 1 is 1.18 bits per heavy atom. The first kappa shape index (κ1) is 23.0. The summed E-state index contributed by atoms with van der Waals surface area (Å²) in [5.74, 6) is -0.338. The maximum atomic E-state index is 13.3. The Labute approximate surface area is 194 Å². The zero-order chi connectivity index (χ0) is 24.0. The van der Waals surface area contributed by atoms with Crippen LogP contribution < -0.4 is 10.6 Å². The van der Waals surface area contributed by atoms with Gasteiger partial charge in [-0.25, -0.2) is 9.48 Å². The van der Waals surface area contributed by atoms with Crippen molar-refractivity contribution in [3.8, 4) is 5.69 Å². The fourth-order valence-corrected chi connectivity index (χ4v) is 5.79. The highest BCUT2D eigenvalue weighted by Crippen LogP contribution is 2.46. The minimum Gasteiger partial charge on any atom is -0.350 e. The number of rotatable bonds is 5. The zero-order valence-corrected chi connectivity index (χ0v) is 20.1. The van der Waals surface area contributed by atoms with Gasteiger partial charge in [0.1, 0.15) is 12.1 Å². The number of urea groups is 1. The van der Waals surface area contributed by atoms with Crippen molar-refractivity contribution in [1.82, 2.24) is 25.3 Å². The number of aryl methyl sites for hydroxylation is 1. The lowest BCUT2D eigenvalue weighted by atomic mass is 9.64. The normalized spacial score (nSPS) is 24.3. The molecule has 2 heterocycles. The molecule has 2 N–H and O–H groups in total. The van der Waals surface area contributed by atoms with Gasteiger partial charge in [0.15, 0.2) is 0 Å². The summed E-state index contributed by atoms with van der Waals surface area (Å²) < 4.78 is 1.85. The number of nitrogens with zero attached hydrogens (tertiary/aromatic N) is 3. The number of amides is 4. The van der Waals surface area contributed by atoms with Gasteiger partial charge >= 0.3 is 6.03 Å². The molecule has 1 saturated heterocycles. The van der Waals surface area contributed by atoms with Gasteiger partial charge in [-0.15, -0.1) is 0 Å². The molecule has 0 radical (unpaired) electrons. The van der Waals surface area contributed by atoms with Crippen LogP contribution in [0.15, 0.2) is 30.3 Å². The summed E-state index contributed by atoms with van der Waals surface area (Å²) in [6.07, 6.45) is 2.20. The highest BCUT2D eigenvalue weighted by Gasteiger charge is 2.56. The molecule has 2 atom stereocenters. The maximum absolute atomic E-state index is 13.3. The SMILES string of the molecule is Cc1nn(-c2ccccc2)c(C)c1CNC(=O)CN1C(=O)NC2(CC(C)CC(C)(C)C2)C1=O. The Kier molecular flexibility index (Phi) is 5.80. The van der Waals surface area contributed by atoms with Gasteiger partial charge in [-0.2, -0.15) is 5.10 Å². The van der Waals surface area contributed by atoms with E-state index in [0.717, 1.165) is 34.0 Å². The monoisotopic (exact) mass is 451 g/mol. The lowest BCUT2D eigenvalue weighted by Crippen LogP contribution is -2.54. The first-order chi connectivity index (χ1) is 15.5. The van der Waals surface area contributed by atoms with Gasteiger partial charge in [0.05, 0.1) is 11.4 Å². The molecule has 1 aliphatic carbocycles. The lowest BCUT2D eigenvalue weighted by Gasteiger charge is -2.43. The van der Waals surface area contributed by atoms with Gasteiger partial charge in [0.25, 0.3) is 5.91 Å². The highest BCUT2D eigenvalue weighted by atomic mass is 16.2. The predicted octanol–water partition coefficient (Wildman–Crippen LogP) is 3.24. The molecule has 2 unspecified atom stereocenters. The van der Waals surface area contributed by atoms with Crippen LogP contribution in [0.2, 0.25) is 0 Å². The Balaban J connectivity index is 1.42. The quantitative estimate of drug-likeness (QED) is 0.682. The molecular formula is C25H33N5O3. The second kappa shape index (κ2) is 8.32. The molecule has 2 aliphatic rings. The number of para-hydroxylation sites is 1. The molecule has 4 rings (SSSR count). The van der Waals surface area contributed by atoms with Crippen molar-refractivity contribution < 1.29 is 14.4 Å². The van der Waals surface area contributed by atoms with E-state index < -0.39 is 11.6 Å². The standard InChI is InChI=1S/C25H33N5O3/c1-16-11-24(4,5)15-25(12-16)22(32)29(23(33)27-25)14-21(31)26-13-20-17(2)28-30(18(20)3)19-9-7-6-8-10-19/h6-10,16H,11-15H2,1-5H3,(H,26,31)(H,27,33). The molecule has 2 aromatic rings. The Morgan fingerprint density at radius 2 is 1.88 bits per heavy atom. The van der Waals surface area contributed by atoms with Crippen molar-refractivity contribution >= 4 is 17.8 Å². The van der Waals surface area contributed by atoms with Gasteiger partial charge in [-0.1, -0.05) is 39.0 Å². The number of carbonyl (C=O) groups excluding carboxylic acids is 3. The van der Waals surface area contributed by atoms with E-state index in [1.807, 2.05) is 48.9 Å². The average molecular weight is 452 g/mol. The van der Waals surface area contributed by atoms with Crippen LogP contribution in [0.4, 0.5) is 4.79 Å². The third kappa shape index (κ3) is 4.38. The molecule has 33 heavy (non-hydrogen) atoms. The van der Waals surface area contributed by atoms with Crippen LogP contribution in [0.3, 0.4) is 0 Å². The van der Waals surface area contributed by atoms with Crippen molar-refractivity contribution in [2.75, 3.05) is 6.54 Å². The minimum absolute atomic E-state index is 0.0488. The predicted molar refractivity (Wildman–Crippen MR) is 125 cm³/mol. The number of hydrogen-bond acceptors (Lipinski definition) is 4. The summed E-state index contributed by atoms with van der Waals surface area (Å²) in [7, 11) is 0. The molecule has 1 aromatic heterocycles. The number of imide groups is 1. The van der Waals surface area contributed by atoms with Crippen molar-refractivity contribution in [2.45, 2.75) is 66.0 Å². The Morgan fingerprint density at radius 3 is 2.55 bits per heavy atom. The molecule has 1 spiro atoms. The third-order valence-electron chi connectivity index (χ3n) is 6.83. The van der Waals surface area contributed by atoms with Crippen molar-refractivity contribution in [3.05, 3.63) is 47.3 Å². The van der Waals surface area contributed by atoms with E-state index >= 15 is 0 Å². The summed E-state index contributed by atoms with van der Waals surface area (Å²) in [5, 5.41) is 10.4. The lowest BCUT2D eigenvalue weighted by molar-refractivity contribution is -0.137. The van der Waals surface area contributed by atoms with Crippen LogP contribution in [0.25, 0.3) is 5.69 Å². The first-order valence-electron chi connectivity index (χ1n) is 11.5. The summed E-state index contributed by atoms with van der Waals surface area (Å²) in [6.45, 7) is 10.2. The molecule has 0 bridgehead atoms. The minimum atomic E-state index is -0.900. The summed E-state index contributed by atoms with van der Waals surface area (Å²) in [6, 6.07) is 9.32. The second-order valence-electron chi connectivity index (χ2n) is 10.4. The number of benzene rings is 1. The van der Waals surface area contributed by atoms with Crippen LogP contribution >= 0.6 is 0 Å². The molecule has 1 aromatic carbocycles. The van der Waals surface area contributed by atoms with E-state index in [1.165, 1.54) is 0 Å². The molecule has 8 heteroatoms. The number of hydrogen-bond donors (Lipinski definition) is 2. The molecular weight excluding hydrogens is 418 g/mol. The van der Waals surface area contributed by atoms with Gasteiger partial charge in [0.2, 0.25) is 5.91 Å². The van der Waals surface area contributed by atoms with Crippen LogP contribution in [0.5, 0.6) is 0 Å². The molecule has 4 amide bonds. The highest BCUT2D eigenvalue weighted by molar-refractivity contribution is 6.09. The molecule has 8 nitrogen and oxygen atoms in total. The largest absolute Gasteiger partial charge is 0.350 e. The Bertz CT molecular complexity index is 1090. The molecule has 1 saturated carbocycles. The number of nitrogens with one attached hydrogen (secondary N) is 2. The van der Waals surface area contributed by atoms with Gasteiger partial charge in [-0.3, -0.25) is 14.5 Å². The van der Waals surface area contributed by atoms with E-state index in [4.69, 9.17) is 0 Å². The fraction of sp³-hybridized carbons (Fsp3) is 0.520. The second-order valence-corrected chi connectivity index (χ2v) is 10.4. The molecule has 176 valence electrons. The average Bonchev–Trinajstić information content (AvgIpc) is 3.12. The van der Waals surface area contributed by atoms with Gasteiger partial charge < -0.3 is 10.6 Å². The third-order valence-corrected chi connectivity index (χ3v) is 6.83. The van der Waals surface area contributed by atoms with Crippen molar-refractivity contribution in [3.63, 3.8) is 0 Å². The topological polar surface area (TPSA) is 96.3 Å². The number of aromatic nitrogens is 2. The fourth-order valence-electron chi connectivity index (χ4n) is 5.79. The van der Waals surface area contributed by atoms with E-state index in [9.17, 15) is 14.4 Å². The smallest absolute Gasteiger partial charge is 0.325 e. The summed E-state index contributed by atoms with van der Waals surface area (Å²) in [4.78, 5) is 39.7. The molecule has 2 fully saturated rings. The zero-order valence-electron chi connectivity index (χ0n) is 20.1. The molecule has 1 aliphatic heterocycles. The van der Waals surface area contributed by atoms with Crippen LogP contribution in [-0.4, -0.2) is 44.6 Å². The summed E-state index contributed by atoms with van der Waals surface area (Å²) in [5.41, 5.74) is 2.68. The van der Waals surface area contributed by atoms with E-state index in [1.54, 1.807) is 0 Å². The van der Waals surface area contributed by atoms with Crippen molar-refractivity contribution in [1.29, 1.82) is 0 Å². The van der Waals surface area contributed by atoms with E-state index in [-0.39, 0.29) is 30.3 Å². The maximum Gasteiger partial charge on any atom is 0.325 e. The van der Waals surface area contributed by atoms with Crippen LogP contribution in [-0.2, 0) is 16.1 Å². The van der Waals surface area contributed by atoms with E-state index in [0.29, 0.717) is 18.8 Å². The van der Waals surface area contributed by atoms with E-state index in [2.05, 4.69) is 36.5 Å². The van der Waals surface area contributed by atoms with Crippen molar-refractivity contribution in [2.24, 2.45) is 11.3 Å². The van der Waals surface area contributed by atoms with Crippen LogP contribution in [0.1, 0.15) is 57.0 Å². The summed E-state index contributed by atoms with van der Waals surface area (Å²) >= 11 is 0. The van der Waals surface area contributed by atoms with Gasteiger partial charge in [-0.05, 0) is 56.6 Å². The first-order valence-corrected chi connectivity index (χ1v) is 11.5. The van der Waals surface area contributed by atoms with Gasteiger partial charge in [0, 0.05) is 17.8 Å².